The molecule has 28 heavy (non-hydrogen) atoms. The summed E-state index contributed by atoms with van der Waals surface area (Å²) in [5.74, 6) is -4.59. The van der Waals surface area contributed by atoms with Gasteiger partial charge in [0.25, 0.3) is 0 Å². The summed E-state index contributed by atoms with van der Waals surface area (Å²) in [4.78, 5) is 57.7. The molecule has 10 N–H and O–H groups in total. The van der Waals surface area contributed by atoms with Crippen LogP contribution in [-0.4, -0.2) is 71.7 Å². The summed E-state index contributed by atoms with van der Waals surface area (Å²) in [7, 11) is 0. The number of rotatable bonds is 14. The molecule has 0 rings (SSSR count). The van der Waals surface area contributed by atoms with Crippen molar-refractivity contribution in [3.63, 3.8) is 0 Å². The number of carboxylic acids is 1. The first-order chi connectivity index (χ1) is 13.1. The van der Waals surface area contributed by atoms with E-state index < -0.39 is 60.7 Å². The molecule has 0 aliphatic rings. The molecule has 0 saturated carbocycles. The van der Waals surface area contributed by atoms with Gasteiger partial charge in [0, 0.05) is 5.75 Å². The quantitative estimate of drug-likeness (QED) is 0.103. The van der Waals surface area contributed by atoms with E-state index in [1.807, 2.05) is 0 Å². The second kappa shape index (κ2) is 13.7. The normalized spacial score (nSPS) is 13.7. The van der Waals surface area contributed by atoms with Gasteiger partial charge >= 0.3 is 5.97 Å². The molecule has 0 saturated heterocycles. The lowest BCUT2D eigenvalue weighted by molar-refractivity contribution is -0.143. The van der Waals surface area contributed by atoms with E-state index in [0.29, 0.717) is 19.4 Å². The zero-order chi connectivity index (χ0) is 21.7. The maximum atomic E-state index is 12.1. The van der Waals surface area contributed by atoms with Crippen LogP contribution in [0.15, 0.2) is 0 Å². The van der Waals surface area contributed by atoms with Crippen molar-refractivity contribution in [2.24, 2.45) is 17.2 Å². The van der Waals surface area contributed by atoms with E-state index in [9.17, 15) is 24.0 Å². The molecule has 12 nitrogen and oxygen atoms in total. The highest BCUT2D eigenvalue weighted by molar-refractivity contribution is 7.80. The first kappa shape index (κ1) is 25.6. The number of nitrogens with one attached hydrogen (secondary N) is 3. The molecule has 0 aromatic heterocycles. The molecule has 0 aliphatic heterocycles. The summed E-state index contributed by atoms with van der Waals surface area (Å²) in [6.45, 7) is 0.0662. The second-order valence-electron chi connectivity index (χ2n) is 5.98. The minimum Gasteiger partial charge on any atom is -0.480 e. The van der Waals surface area contributed by atoms with Gasteiger partial charge in [0.1, 0.15) is 12.1 Å². The lowest BCUT2D eigenvalue weighted by atomic mass is 10.1. The van der Waals surface area contributed by atoms with Crippen LogP contribution in [0.4, 0.5) is 0 Å². The van der Waals surface area contributed by atoms with Crippen molar-refractivity contribution in [2.75, 3.05) is 18.8 Å². The van der Waals surface area contributed by atoms with Crippen molar-refractivity contribution < 1.29 is 29.1 Å². The molecule has 160 valence electrons. The molecule has 0 aromatic carbocycles. The molecule has 0 spiro atoms. The first-order valence-corrected chi connectivity index (χ1v) is 9.20. The Morgan fingerprint density at radius 1 is 1.00 bits per heavy atom. The zero-order valence-corrected chi connectivity index (χ0v) is 16.2. The first-order valence-electron chi connectivity index (χ1n) is 8.57. The number of carbonyl (C=O) groups is 5. The second-order valence-corrected chi connectivity index (χ2v) is 6.35. The van der Waals surface area contributed by atoms with Crippen molar-refractivity contribution in [3.05, 3.63) is 0 Å². The molecule has 13 heteroatoms. The minimum absolute atomic E-state index is 0.146. The van der Waals surface area contributed by atoms with E-state index in [-0.39, 0.29) is 5.75 Å². The summed E-state index contributed by atoms with van der Waals surface area (Å²) < 4.78 is 0. The molecule has 0 radical (unpaired) electrons. The van der Waals surface area contributed by atoms with E-state index in [0.717, 1.165) is 6.42 Å². The largest absolute Gasteiger partial charge is 0.480 e. The molecular formula is C15H28N6O6S. The third kappa shape index (κ3) is 10.7. The van der Waals surface area contributed by atoms with Crippen LogP contribution < -0.4 is 33.2 Å². The standard InChI is InChI=1S/C15H28N6O6S/c16-4-2-1-3-8(17)13(24)19-6-12(23)20-10(7-28)14(25)21-9(15(26)27)5-11(18)22/h8-10,28H,1-7,16-17H2,(H2,18,22)(H,19,24)(H,20,23)(H,21,25)(H,26,27). The van der Waals surface area contributed by atoms with Crippen molar-refractivity contribution in [1.82, 2.24) is 16.0 Å². The summed E-state index contributed by atoms with van der Waals surface area (Å²) in [6, 6.07) is -3.50. The number of nitrogens with two attached hydrogens (primary N) is 3. The lowest BCUT2D eigenvalue weighted by Crippen LogP contribution is -2.55. The van der Waals surface area contributed by atoms with Crippen LogP contribution in [0.25, 0.3) is 0 Å². The third-order valence-corrected chi connectivity index (χ3v) is 3.95. The van der Waals surface area contributed by atoms with E-state index in [1.54, 1.807) is 0 Å². The van der Waals surface area contributed by atoms with E-state index in [1.165, 1.54) is 0 Å². The molecule has 0 fully saturated rings. The number of hydrogen-bond donors (Lipinski definition) is 8. The van der Waals surface area contributed by atoms with Crippen LogP contribution in [0.1, 0.15) is 25.7 Å². The van der Waals surface area contributed by atoms with E-state index in [2.05, 4.69) is 28.6 Å². The van der Waals surface area contributed by atoms with Gasteiger partial charge in [-0.15, -0.1) is 0 Å². The Kier molecular flexibility index (Phi) is 12.6. The van der Waals surface area contributed by atoms with Gasteiger partial charge in [0.2, 0.25) is 23.6 Å². The molecule has 0 bridgehead atoms. The number of aliphatic carboxylic acids is 1. The van der Waals surface area contributed by atoms with Crippen LogP contribution in [0, 0.1) is 0 Å². The van der Waals surface area contributed by atoms with E-state index >= 15 is 0 Å². The molecule has 4 amide bonds. The van der Waals surface area contributed by atoms with Gasteiger partial charge in [-0.25, -0.2) is 4.79 Å². The summed E-state index contributed by atoms with van der Waals surface area (Å²) in [5.41, 5.74) is 16.0. The smallest absolute Gasteiger partial charge is 0.326 e. The van der Waals surface area contributed by atoms with Gasteiger partial charge in [-0.1, -0.05) is 6.42 Å². The van der Waals surface area contributed by atoms with Gasteiger partial charge in [0.05, 0.1) is 19.0 Å². The van der Waals surface area contributed by atoms with Crippen molar-refractivity contribution in [3.8, 4) is 0 Å². The maximum Gasteiger partial charge on any atom is 0.326 e. The van der Waals surface area contributed by atoms with Crippen LogP contribution >= 0.6 is 12.6 Å². The fourth-order valence-corrected chi connectivity index (χ4v) is 2.31. The Bertz CT molecular complexity index is 575. The van der Waals surface area contributed by atoms with Crippen LogP contribution in [0.3, 0.4) is 0 Å². The van der Waals surface area contributed by atoms with Crippen LogP contribution in [0.2, 0.25) is 0 Å². The highest BCUT2D eigenvalue weighted by Gasteiger charge is 2.27. The van der Waals surface area contributed by atoms with Gasteiger partial charge in [-0.05, 0) is 19.4 Å². The monoisotopic (exact) mass is 420 g/mol. The van der Waals surface area contributed by atoms with Crippen LogP contribution in [-0.2, 0) is 24.0 Å². The fraction of sp³-hybridized carbons (Fsp3) is 0.667. The predicted molar refractivity (Wildman–Crippen MR) is 103 cm³/mol. The highest BCUT2D eigenvalue weighted by Crippen LogP contribution is 1.98. The summed E-state index contributed by atoms with van der Waals surface area (Å²) >= 11 is 3.93. The minimum atomic E-state index is -1.53. The van der Waals surface area contributed by atoms with Crippen molar-refractivity contribution in [2.45, 2.75) is 43.8 Å². The Balaban J connectivity index is 4.53. The summed E-state index contributed by atoms with van der Waals surface area (Å²) in [5, 5.41) is 15.7. The third-order valence-electron chi connectivity index (χ3n) is 3.58. The number of carbonyl (C=O) groups excluding carboxylic acids is 4. The fourth-order valence-electron chi connectivity index (χ4n) is 2.05. The number of carboxylic acid groups (broad SMARTS) is 1. The Morgan fingerprint density at radius 3 is 2.14 bits per heavy atom. The molecule has 0 heterocycles. The number of amides is 4. The number of hydrogen-bond acceptors (Lipinski definition) is 8. The van der Waals surface area contributed by atoms with Gasteiger partial charge in [-0.3, -0.25) is 19.2 Å². The average molecular weight is 420 g/mol. The predicted octanol–water partition coefficient (Wildman–Crippen LogP) is -3.58. The molecule has 0 aromatic rings. The summed E-state index contributed by atoms with van der Waals surface area (Å²) in [6.07, 6.45) is 1.22. The Labute approximate surface area is 167 Å². The molecular weight excluding hydrogens is 392 g/mol. The van der Waals surface area contributed by atoms with Gasteiger partial charge < -0.3 is 38.3 Å². The number of unbranched alkanes of at least 4 members (excludes halogenated alkanes) is 1. The molecule has 3 atom stereocenters. The van der Waals surface area contributed by atoms with Crippen molar-refractivity contribution >= 4 is 42.2 Å². The Hall–Kier alpha value is -2.38. The van der Waals surface area contributed by atoms with E-state index in [4.69, 9.17) is 22.3 Å². The SMILES string of the molecule is NCCCCC(N)C(=O)NCC(=O)NC(CS)C(=O)NC(CC(N)=O)C(=O)O. The van der Waals surface area contributed by atoms with Crippen LogP contribution in [0.5, 0.6) is 0 Å². The number of primary amides is 1. The number of thiol groups is 1. The molecule has 3 unspecified atom stereocenters. The maximum absolute atomic E-state index is 12.1. The zero-order valence-electron chi connectivity index (χ0n) is 15.3. The Morgan fingerprint density at radius 2 is 1.64 bits per heavy atom. The highest BCUT2D eigenvalue weighted by atomic mass is 32.1. The van der Waals surface area contributed by atoms with Gasteiger partial charge in [0.15, 0.2) is 0 Å². The topological polar surface area (TPSA) is 220 Å². The average Bonchev–Trinajstić information content (AvgIpc) is 2.62. The molecule has 0 aliphatic carbocycles. The lowest BCUT2D eigenvalue weighted by Gasteiger charge is -2.20. The van der Waals surface area contributed by atoms with Gasteiger partial charge in [-0.2, -0.15) is 12.6 Å². The van der Waals surface area contributed by atoms with Crippen molar-refractivity contribution in [1.29, 1.82) is 0 Å².